The number of rotatable bonds is 5. The Morgan fingerprint density at radius 1 is 1.33 bits per heavy atom. The summed E-state index contributed by atoms with van der Waals surface area (Å²) in [5.41, 5.74) is -0.503. The maximum atomic E-state index is 12.0. The first-order valence-electron chi connectivity index (χ1n) is 6.79. The summed E-state index contributed by atoms with van der Waals surface area (Å²) in [6, 6.07) is 9.14. The number of aliphatic hydroxyl groups is 1. The number of aromatic nitrogens is 2. The Labute approximate surface area is 128 Å². The van der Waals surface area contributed by atoms with Crippen LogP contribution in [0.3, 0.4) is 0 Å². The molecule has 0 bridgehead atoms. The first kappa shape index (κ1) is 15.6. The lowest BCUT2D eigenvalue weighted by molar-refractivity contribution is -0.120. The number of hydrogen-bond donors (Lipinski definition) is 2. The molecule has 0 aliphatic carbocycles. The molecule has 2 rings (SSSR count). The van der Waals surface area contributed by atoms with E-state index in [0.29, 0.717) is 10.7 Å². The first-order valence-corrected chi connectivity index (χ1v) is 7.61. The lowest BCUT2D eigenvalue weighted by Gasteiger charge is -2.22. The highest BCUT2D eigenvalue weighted by Gasteiger charge is 2.27. The number of hydrogen-bond acceptors (Lipinski definition) is 5. The number of amides is 1. The molecule has 0 aliphatic rings. The Morgan fingerprint density at radius 2 is 2.00 bits per heavy atom. The predicted molar refractivity (Wildman–Crippen MR) is 83.3 cm³/mol. The fourth-order valence-electron chi connectivity index (χ4n) is 1.89. The largest absolute Gasteiger partial charge is 0.385 e. The third-order valence-corrected chi connectivity index (χ3v) is 4.22. The van der Waals surface area contributed by atoms with E-state index in [1.807, 2.05) is 32.0 Å². The van der Waals surface area contributed by atoms with Gasteiger partial charge in [0.05, 0.1) is 12.0 Å². The lowest BCUT2D eigenvalue weighted by Crippen LogP contribution is -2.28. The zero-order chi connectivity index (χ0) is 15.5. The van der Waals surface area contributed by atoms with Crippen LogP contribution in [-0.2, 0) is 10.4 Å². The average Bonchev–Trinajstić information content (AvgIpc) is 2.87. The summed E-state index contributed by atoms with van der Waals surface area (Å²) in [5.74, 6) is -0.00381. The third kappa shape index (κ3) is 4.09. The van der Waals surface area contributed by atoms with Crippen molar-refractivity contribution >= 4 is 22.4 Å². The molecule has 1 atom stereocenters. The molecule has 1 heterocycles. The molecule has 21 heavy (non-hydrogen) atoms. The maximum absolute atomic E-state index is 12.0. The molecule has 6 heteroatoms. The van der Waals surface area contributed by atoms with Crippen LogP contribution in [0.25, 0.3) is 0 Å². The molecule has 2 N–H and O–H groups in total. The molecule has 112 valence electrons. The van der Waals surface area contributed by atoms with E-state index in [4.69, 9.17) is 0 Å². The minimum Gasteiger partial charge on any atom is -0.385 e. The Morgan fingerprint density at radius 3 is 2.57 bits per heavy atom. The summed E-state index contributed by atoms with van der Waals surface area (Å²) < 4.78 is 0. The van der Waals surface area contributed by atoms with Crippen LogP contribution in [0, 0.1) is 0 Å². The second kappa shape index (κ2) is 6.32. The van der Waals surface area contributed by atoms with Crippen LogP contribution in [0.15, 0.2) is 30.3 Å². The molecule has 1 aromatic heterocycles. The number of carbonyl (C=O) groups excluding carboxylic acids is 1. The summed E-state index contributed by atoms with van der Waals surface area (Å²) in [7, 11) is 0. The summed E-state index contributed by atoms with van der Waals surface area (Å²) in [6.07, 6.45) is -0.0341. The number of nitrogens with one attached hydrogen (secondary N) is 1. The van der Waals surface area contributed by atoms with Gasteiger partial charge in [-0.05, 0) is 12.5 Å². The second-order valence-corrected chi connectivity index (χ2v) is 6.47. The van der Waals surface area contributed by atoms with E-state index < -0.39 is 5.60 Å². The Balaban J connectivity index is 2.00. The normalized spacial score (nSPS) is 14.0. The van der Waals surface area contributed by atoms with Gasteiger partial charge in [-0.1, -0.05) is 55.5 Å². The molecule has 0 saturated heterocycles. The standard InChI is InChI=1S/C15H19N3O2S/c1-10(2)13-17-18-14(21-13)16-12(19)9-15(3,20)11-7-5-4-6-8-11/h4-8,10,20H,9H2,1-3H3,(H,16,18,19). The van der Waals surface area contributed by atoms with Crippen molar-refractivity contribution in [3.63, 3.8) is 0 Å². The number of benzene rings is 1. The Bertz CT molecular complexity index is 608. The molecule has 1 unspecified atom stereocenters. The molecule has 1 amide bonds. The molecule has 1 aromatic carbocycles. The van der Waals surface area contributed by atoms with Gasteiger partial charge in [-0.2, -0.15) is 0 Å². The molecule has 0 saturated carbocycles. The smallest absolute Gasteiger partial charge is 0.229 e. The average molecular weight is 305 g/mol. The van der Waals surface area contributed by atoms with E-state index in [1.165, 1.54) is 11.3 Å². The van der Waals surface area contributed by atoms with Gasteiger partial charge in [-0.15, -0.1) is 10.2 Å². The second-order valence-electron chi connectivity index (χ2n) is 5.46. The molecular formula is C15H19N3O2S. The number of anilines is 1. The summed E-state index contributed by atoms with van der Waals surface area (Å²) in [5, 5.41) is 22.4. The van der Waals surface area contributed by atoms with Crippen molar-refractivity contribution in [2.24, 2.45) is 0 Å². The fraction of sp³-hybridized carbons (Fsp3) is 0.400. The van der Waals surface area contributed by atoms with E-state index in [2.05, 4.69) is 15.5 Å². The van der Waals surface area contributed by atoms with Gasteiger partial charge in [0.15, 0.2) is 0 Å². The molecule has 0 radical (unpaired) electrons. The lowest BCUT2D eigenvalue weighted by atomic mass is 9.92. The van der Waals surface area contributed by atoms with Crippen molar-refractivity contribution in [2.75, 3.05) is 5.32 Å². The fourth-order valence-corrected chi connectivity index (χ4v) is 2.66. The highest BCUT2D eigenvalue weighted by Crippen LogP contribution is 2.26. The van der Waals surface area contributed by atoms with Gasteiger partial charge in [0.25, 0.3) is 0 Å². The molecule has 0 spiro atoms. The van der Waals surface area contributed by atoms with E-state index >= 15 is 0 Å². The van der Waals surface area contributed by atoms with Crippen molar-refractivity contribution in [1.82, 2.24) is 10.2 Å². The Kier molecular flexibility index (Phi) is 4.69. The van der Waals surface area contributed by atoms with Gasteiger partial charge >= 0.3 is 0 Å². The van der Waals surface area contributed by atoms with Crippen LogP contribution < -0.4 is 5.32 Å². The number of nitrogens with zero attached hydrogens (tertiary/aromatic N) is 2. The highest BCUT2D eigenvalue weighted by molar-refractivity contribution is 7.15. The molecule has 0 fully saturated rings. The minimum atomic E-state index is -1.21. The van der Waals surface area contributed by atoms with Gasteiger partial charge in [-0.3, -0.25) is 4.79 Å². The summed E-state index contributed by atoms with van der Waals surface area (Å²) >= 11 is 1.36. The third-order valence-electron chi connectivity index (χ3n) is 3.08. The van der Waals surface area contributed by atoms with Crippen molar-refractivity contribution in [1.29, 1.82) is 0 Å². The maximum Gasteiger partial charge on any atom is 0.229 e. The van der Waals surface area contributed by atoms with E-state index in [9.17, 15) is 9.90 Å². The summed E-state index contributed by atoms with van der Waals surface area (Å²) in [6.45, 7) is 5.67. The molecular weight excluding hydrogens is 286 g/mol. The zero-order valence-electron chi connectivity index (χ0n) is 12.3. The van der Waals surface area contributed by atoms with E-state index in [1.54, 1.807) is 19.1 Å². The van der Waals surface area contributed by atoms with Gasteiger partial charge < -0.3 is 10.4 Å². The van der Waals surface area contributed by atoms with Crippen LogP contribution in [-0.4, -0.2) is 21.2 Å². The monoisotopic (exact) mass is 305 g/mol. The topological polar surface area (TPSA) is 75.1 Å². The molecule has 2 aromatic rings. The van der Waals surface area contributed by atoms with Crippen LogP contribution in [0.5, 0.6) is 0 Å². The summed E-state index contributed by atoms with van der Waals surface area (Å²) in [4.78, 5) is 12.0. The molecule has 5 nitrogen and oxygen atoms in total. The number of carbonyl (C=O) groups is 1. The van der Waals surface area contributed by atoms with Gasteiger partial charge in [0.2, 0.25) is 11.0 Å². The zero-order valence-corrected chi connectivity index (χ0v) is 13.1. The Hall–Kier alpha value is -1.79. The quantitative estimate of drug-likeness (QED) is 0.890. The van der Waals surface area contributed by atoms with Crippen molar-refractivity contribution in [2.45, 2.75) is 38.7 Å². The van der Waals surface area contributed by atoms with E-state index in [-0.39, 0.29) is 18.2 Å². The van der Waals surface area contributed by atoms with Crippen LogP contribution in [0.4, 0.5) is 5.13 Å². The van der Waals surface area contributed by atoms with Crippen molar-refractivity contribution in [3.8, 4) is 0 Å². The van der Waals surface area contributed by atoms with E-state index in [0.717, 1.165) is 5.01 Å². The predicted octanol–water partition coefficient (Wildman–Crippen LogP) is 2.90. The van der Waals surface area contributed by atoms with Crippen LogP contribution in [0.1, 0.15) is 43.7 Å². The highest BCUT2D eigenvalue weighted by atomic mass is 32.1. The van der Waals surface area contributed by atoms with Crippen LogP contribution >= 0.6 is 11.3 Å². The van der Waals surface area contributed by atoms with Crippen molar-refractivity contribution in [3.05, 3.63) is 40.9 Å². The first-order chi connectivity index (χ1) is 9.88. The SMILES string of the molecule is CC(C)c1nnc(NC(=O)CC(C)(O)c2ccccc2)s1. The minimum absolute atomic E-state index is 0.0341. The van der Waals surface area contributed by atoms with Gasteiger partial charge in [0, 0.05) is 5.92 Å². The van der Waals surface area contributed by atoms with Crippen molar-refractivity contribution < 1.29 is 9.90 Å². The van der Waals surface area contributed by atoms with Gasteiger partial charge in [-0.25, -0.2) is 0 Å². The van der Waals surface area contributed by atoms with Gasteiger partial charge in [0.1, 0.15) is 5.01 Å². The van der Waals surface area contributed by atoms with Crippen LogP contribution in [0.2, 0.25) is 0 Å². The molecule has 0 aliphatic heterocycles.